The van der Waals surface area contributed by atoms with Crippen molar-refractivity contribution in [3.05, 3.63) is 41.6 Å². The third kappa shape index (κ3) is 4.05. The third-order valence-corrected chi connectivity index (χ3v) is 5.66. The van der Waals surface area contributed by atoms with Gasteiger partial charge in [-0.1, -0.05) is 6.92 Å². The van der Waals surface area contributed by atoms with Gasteiger partial charge in [0.15, 0.2) is 0 Å². The highest BCUT2D eigenvalue weighted by Gasteiger charge is 2.26. The van der Waals surface area contributed by atoms with Crippen LogP contribution < -0.4 is 10.2 Å². The van der Waals surface area contributed by atoms with Gasteiger partial charge in [0.25, 0.3) is 0 Å². The molecule has 158 valence electrons. The quantitative estimate of drug-likeness (QED) is 0.667. The molecule has 1 atom stereocenters. The van der Waals surface area contributed by atoms with Gasteiger partial charge < -0.3 is 10.2 Å². The molecule has 0 bridgehead atoms. The highest BCUT2D eigenvalue weighted by atomic mass is 16.2. The van der Waals surface area contributed by atoms with Gasteiger partial charge in [0.05, 0.1) is 17.6 Å². The van der Waals surface area contributed by atoms with Crippen molar-refractivity contribution in [3.63, 3.8) is 0 Å². The highest BCUT2D eigenvalue weighted by molar-refractivity contribution is 5.76. The Morgan fingerprint density at radius 1 is 1.33 bits per heavy atom. The lowest BCUT2D eigenvalue weighted by atomic mass is 10.1. The summed E-state index contributed by atoms with van der Waals surface area (Å²) in [7, 11) is 1.88. The Balaban J connectivity index is 1.37. The van der Waals surface area contributed by atoms with Gasteiger partial charge in [-0.25, -0.2) is 9.97 Å². The van der Waals surface area contributed by atoms with Gasteiger partial charge in [-0.05, 0) is 38.3 Å². The Kier molecular flexibility index (Phi) is 5.52. The Morgan fingerprint density at radius 2 is 2.17 bits per heavy atom. The summed E-state index contributed by atoms with van der Waals surface area (Å²) in [5.41, 5.74) is 5.10. The Morgan fingerprint density at radius 3 is 2.87 bits per heavy atom. The van der Waals surface area contributed by atoms with Crippen LogP contribution in [0.3, 0.4) is 0 Å². The summed E-state index contributed by atoms with van der Waals surface area (Å²) in [5.74, 6) is 0.666. The summed E-state index contributed by atoms with van der Waals surface area (Å²) in [5, 5.41) is 11.9. The van der Waals surface area contributed by atoms with Crippen molar-refractivity contribution in [2.75, 3.05) is 18.0 Å². The van der Waals surface area contributed by atoms with Gasteiger partial charge in [-0.2, -0.15) is 10.2 Å². The van der Waals surface area contributed by atoms with Gasteiger partial charge in [-0.3, -0.25) is 14.2 Å². The van der Waals surface area contributed by atoms with Crippen molar-refractivity contribution in [2.45, 2.75) is 46.2 Å². The largest absolute Gasteiger partial charge is 0.350 e. The smallest absolute Gasteiger partial charge is 0.242 e. The van der Waals surface area contributed by atoms with E-state index in [0.29, 0.717) is 12.5 Å². The lowest BCUT2D eigenvalue weighted by molar-refractivity contribution is -0.122. The summed E-state index contributed by atoms with van der Waals surface area (Å²) in [6.45, 7) is 7.88. The molecular weight excluding hydrogens is 380 g/mol. The fourth-order valence-corrected chi connectivity index (χ4v) is 4.08. The second-order valence-electron chi connectivity index (χ2n) is 7.80. The van der Waals surface area contributed by atoms with E-state index in [0.717, 1.165) is 42.0 Å². The number of hydrogen-bond donors (Lipinski definition) is 1. The van der Waals surface area contributed by atoms with Crippen LogP contribution >= 0.6 is 0 Å². The number of nitrogens with one attached hydrogen (secondary N) is 1. The summed E-state index contributed by atoms with van der Waals surface area (Å²) in [6.07, 6.45) is 7.29. The van der Waals surface area contributed by atoms with E-state index in [-0.39, 0.29) is 18.5 Å². The van der Waals surface area contributed by atoms with Crippen molar-refractivity contribution in [1.29, 1.82) is 0 Å². The van der Waals surface area contributed by atoms with Gasteiger partial charge in [0.1, 0.15) is 6.54 Å². The van der Waals surface area contributed by atoms with E-state index in [4.69, 9.17) is 0 Å². The minimum Gasteiger partial charge on any atom is -0.350 e. The second-order valence-corrected chi connectivity index (χ2v) is 7.80. The molecule has 0 spiro atoms. The summed E-state index contributed by atoms with van der Waals surface area (Å²) < 4.78 is 3.56. The van der Waals surface area contributed by atoms with E-state index in [2.05, 4.69) is 37.3 Å². The van der Waals surface area contributed by atoms with E-state index >= 15 is 0 Å². The maximum absolute atomic E-state index is 12.6. The van der Waals surface area contributed by atoms with E-state index in [1.807, 2.05) is 33.2 Å². The first-order valence-electron chi connectivity index (χ1n) is 10.3. The van der Waals surface area contributed by atoms with Crippen LogP contribution in [0.4, 0.5) is 5.95 Å². The number of aryl methyl sites for hydroxylation is 2. The molecule has 0 radical (unpaired) electrons. The van der Waals surface area contributed by atoms with Crippen LogP contribution in [0, 0.1) is 13.8 Å². The molecule has 3 aromatic rings. The maximum Gasteiger partial charge on any atom is 0.242 e. The standard InChI is InChI=1S/C21H28N8O/c1-5-18-14(2)26-29(15(18)3)13-20(30)24-17-7-9-28(12-17)21-22-8-6-19(25-21)16-10-23-27(4)11-16/h6,8,10-11,17H,5,7,9,12-13H2,1-4H3,(H,24,30). The molecular formula is C21H28N8O. The number of nitrogens with zero attached hydrogens (tertiary/aromatic N) is 7. The highest BCUT2D eigenvalue weighted by Crippen LogP contribution is 2.21. The van der Waals surface area contributed by atoms with Gasteiger partial charge in [-0.15, -0.1) is 0 Å². The Hall–Kier alpha value is -3.23. The zero-order valence-corrected chi connectivity index (χ0v) is 18.0. The minimum atomic E-state index is -0.0138. The molecule has 0 aromatic carbocycles. The molecule has 1 aliphatic rings. The number of amides is 1. The first-order chi connectivity index (χ1) is 14.4. The van der Waals surface area contributed by atoms with Crippen molar-refractivity contribution < 1.29 is 4.79 Å². The van der Waals surface area contributed by atoms with Crippen molar-refractivity contribution in [3.8, 4) is 11.3 Å². The van der Waals surface area contributed by atoms with E-state index in [9.17, 15) is 4.79 Å². The molecule has 1 fully saturated rings. The topological polar surface area (TPSA) is 93.8 Å². The van der Waals surface area contributed by atoms with Crippen LogP contribution in [0.15, 0.2) is 24.7 Å². The zero-order chi connectivity index (χ0) is 21.3. The molecule has 0 aliphatic carbocycles. The normalized spacial score (nSPS) is 16.3. The molecule has 4 rings (SSSR count). The third-order valence-electron chi connectivity index (χ3n) is 5.66. The first kappa shape index (κ1) is 20.1. The van der Waals surface area contributed by atoms with Crippen LogP contribution in [0.25, 0.3) is 11.3 Å². The average Bonchev–Trinajstić information content (AvgIpc) is 3.42. The van der Waals surface area contributed by atoms with Crippen molar-refractivity contribution >= 4 is 11.9 Å². The average molecular weight is 409 g/mol. The number of hydrogen-bond acceptors (Lipinski definition) is 6. The summed E-state index contributed by atoms with van der Waals surface area (Å²) in [6, 6.07) is 1.96. The van der Waals surface area contributed by atoms with Gasteiger partial charge in [0.2, 0.25) is 11.9 Å². The molecule has 3 aromatic heterocycles. The number of anilines is 1. The molecule has 4 heterocycles. The molecule has 1 saturated heterocycles. The predicted molar refractivity (Wildman–Crippen MR) is 114 cm³/mol. The molecule has 30 heavy (non-hydrogen) atoms. The van der Waals surface area contributed by atoms with Crippen LogP contribution in [-0.4, -0.2) is 54.6 Å². The zero-order valence-electron chi connectivity index (χ0n) is 18.0. The lowest BCUT2D eigenvalue weighted by Crippen LogP contribution is -2.39. The Bertz CT molecular complexity index is 1050. The van der Waals surface area contributed by atoms with Crippen molar-refractivity contribution in [1.82, 2.24) is 34.8 Å². The van der Waals surface area contributed by atoms with Crippen LogP contribution in [0.2, 0.25) is 0 Å². The van der Waals surface area contributed by atoms with Crippen LogP contribution in [-0.2, 0) is 24.8 Å². The lowest BCUT2D eigenvalue weighted by Gasteiger charge is -2.17. The second kappa shape index (κ2) is 8.25. The fourth-order valence-electron chi connectivity index (χ4n) is 4.08. The fraction of sp³-hybridized carbons (Fsp3) is 0.476. The molecule has 9 heteroatoms. The monoisotopic (exact) mass is 408 g/mol. The molecule has 0 saturated carbocycles. The summed E-state index contributed by atoms with van der Waals surface area (Å²) >= 11 is 0. The molecule has 9 nitrogen and oxygen atoms in total. The van der Waals surface area contributed by atoms with Gasteiger partial charge >= 0.3 is 0 Å². The first-order valence-corrected chi connectivity index (χ1v) is 10.3. The SMILES string of the molecule is CCc1c(C)nn(CC(=O)NC2CCN(c3nccc(-c4cnn(C)c4)n3)C2)c1C. The summed E-state index contributed by atoms with van der Waals surface area (Å²) in [4.78, 5) is 23.8. The van der Waals surface area contributed by atoms with E-state index < -0.39 is 0 Å². The molecule has 1 unspecified atom stereocenters. The predicted octanol–water partition coefficient (Wildman–Crippen LogP) is 1.65. The Labute approximate surface area is 176 Å². The maximum atomic E-state index is 12.6. The van der Waals surface area contributed by atoms with Crippen LogP contribution in [0.5, 0.6) is 0 Å². The van der Waals surface area contributed by atoms with Crippen LogP contribution in [0.1, 0.15) is 30.3 Å². The van der Waals surface area contributed by atoms with Crippen molar-refractivity contribution in [2.24, 2.45) is 7.05 Å². The molecule has 1 N–H and O–H groups in total. The van der Waals surface area contributed by atoms with Gasteiger partial charge in [0, 0.05) is 49.8 Å². The molecule has 1 amide bonds. The molecule has 1 aliphatic heterocycles. The van der Waals surface area contributed by atoms with E-state index in [1.165, 1.54) is 5.56 Å². The minimum absolute atomic E-state index is 0.0138. The number of carbonyl (C=O) groups is 1. The number of aromatic nitrogens is 6. The number of rotatable bonds is 6. The van der Waals surface area contributed by atoms with E-state index in [1.54, 1.807) is 21.8 Å². The number of carbonyl (C=O) groups excluding carboxylic acids is 1.